The maximum atomic E-state index is 12.4. The number of methoxy groups -OCH3 is 1. The van der Waals surface area contributed by atoms with Crippen LogP contribution in [0.1, 0.15) is 29.8 Å². The van der Waals surface area contributed by atoms with E-state index in [1.165, 1.54) is 19.2 Å². The largest absolute Gasteiger partial charge is 0.507 e. The molecule has 0 saturated heterocycles. The summed E-state index contributed by atoms with van der Waals surface area (Å²) in [6.45, 7) is 7.04. The first-order chi connectivity index (χ1) is 11.6. The molecule has 2 aromatic carbocycles. The zero-order valence-electron chi connectivity index (χ0n) is 14.4. The van der Waals surface area contributed by atoms with Crippen molar-refractivity contribution in [2.45, 2.75) is 20.4 Å². The van der Waals surface area contributed by atoms with Gasteiger partial charge in [-0.2, -0.15) is 0 Å². The Morgan fingerprint density at radius 3 is 2.58 bits per heavy atom. The maximum absolute atomic E-state index is 12.4. The molecular formula is C19H24N2O3. The van der Waals surface area contributed by atoms with Gasteiger partial charge in [-0.1, -0.05) is 26.0 Å². The Hall–Kier alpha value is -2.53. The zero-order valence-corrected chi connectivity index (χ0v) is 14.4. The van der Waals surface area contributed by atoms with E-state index in [0.29, 0.717) is 11.4 Å². The van der Waals surface area contributed by atoms with E-state index < -0.39 is 0 Å². The number of nitrogens with zero attached hydrogens (tertiary/aromatic N) is 1. The summed E-state index contributed by atoms with van der Waals surface area (Å²) in [5.74, 6) is 0.0761. The summed E-state index contributed by atoms with van der Waals surface area (Å²) < 4.78 is 5.10. The highest BCUT2D eigenvalue weighted by Gasteiger charge is 2.13. The van der Waals surface area contributed by atoms with Crippen LogP contribution in [-0.4, -0.2) is 36.1 Å². The Morgan fingerprint density at radius 2 is 1.92 bits per heavy atom. The van der Waals surface area contributed by atoms with Crippen molar-refractivity contribution in [2.75, 3.05) is 25.5 Å². The summed E-state index contributed by atoms with van der Waals surface area (Å²) in [5, 5.41) is 12.7. The molecule has 0 aliphatic heterocycles. The van der Waals surface area contributed by atoms with Crippen LogP contribution in [0.2, 0.25) is 0 Å². The third kappa shape index (κ3) is 4.49. The van der Waals surface area contributed by atoms with Crippen molar-refractivity contribution in [1.29, 1.82) is 0 Å². The molecule has 2 aromatic rings. The number of hydrogen-bond acceptors (Lipinski definition) is 4. The first kappa shape index (κ1) is 17.8. The monoisotopic (exact) mass is 328 g/mol. The third-order valence-electron chi connectivity index (χ3n) is 3.93. The highest BCUT2D eigenvalue weighted by Crippen LogP contribution is 2.24. The molecule has 0 aliphatic carbocycles. The van der Waals surface area contributed by atoms with Crippen molar-refractivity contribution < 1.29 is 14.6 Å². The van der Waals surface area contributed by atoms with Gasteiger partial charge >= 0.3 is 0 Å². The van der Waals surface area contributed by atoms with Crippen LogP contribution >= 0.6 is 0 Å². The van der Waals surface area contributed by atoms with Gasteiger partial charge in [-0.15, -0.1) is 0 Å². The molecule has 0 heterocycles. The molecule has 5 heteroatoms. The van der Waals surface area contributed by atoms with Gasteiger partial charge in [-0.25, -0.2) is 0 Å². The van der Waals surface area contributed by atoms with Crippen LogP contribution < -0.4 is 10.1 Å². The number of nitrogens with one attached hydrogen (secondary N) is 1. The lowest BCUT2D eigenvalue weighted by Gasteiger charge is -2.18. The van der Waals surface area contributed by atoms with E-state index in [2.05, 4.69) is 24.1 Å². The van der Waals surface area contributed by atoms with Gasteiger partial charge in [-0.05, 0) is 49.0 Å². The van der Waals surface area contributed by atoms with Gasteiger partial charge in [0.15, 0.2) is 0 Å². The van der Waals surface area contributed by atoms with E-state index in [9.17, 15) is 9.90 Å². The molecule has 0 aliphatic rings. The van der Waals surface area contributed by atoms with E-state index in [1.54, 1.807) is 6.07 Å². The van der Waals surface area contributed by atoms with E-state index >= 15 is 0 Å². The number of aromatic hydroxyl groups is 1. The van der Waals surface area contributed by atoms with Crippen LogP contribution in [0, 0.1) is 0 Å². The predicted octanol–water partition coefficient (Wildman–Crippen LogP) is 3.49. The second kappa shape index (κ2) is 8.36. The molecular weight excluding hydrogens is 304 g/mol. The van der Waals surface area contributed by atoms with Crippen molar-refractivity contribution >= 4 is 11.6 Å². The lowest BCUT2D eigenvalue weighted by atomic mass is 10.1. The quantitative estimate of drug-likeness (QED) is 0.817. The number of phenols is 1. The number of rotatable bonds is 7. The van der Waals surface area contributed by atoms with Gasteiger partial charge in [0.2, 0.25) is 0 Å². The minimum atomic E-state index is -0.369. The van der Waals surface area contributed by atoms with Gasteiger partial charge in [0.25, 0.3) is 5.91 Å². The van der Waals surface area contributed by atoms with Crippen LogP contribution in [0.25, 0.3) is 0 Å². The third-order valence-corrected chi connectivity index (χ3v) is 3.93. The number of amides is 1. The number of benzene rings is 2. The highest BCUT2D eigenvalue weighted by molar-refractivity contribution is 6.06. The molecule has 0 radical (unpaired) electrons. The fourth-order valence-corrected chi connectivity index (χ4v) is 2.48. The molecule has 1 amide bonds. The van der Waals surface area contributed by atoms with Crippen molar-refractivity contribution in [1.82, 2.24) is 4.90 Å². The maximum Gasteiger partial charge on any atom is 0.259 e. The molecule has 0 atom stereocenters. The topological polar surface area (TPSA) is 61.8 Å². The summed E-state index contributed by atoms with van der Waals surface area (Å²) in [7, 11) is 1.52. The van der Waals surface area contributed by atoms with Gasteiger partial charge < -0.3 is 15.2 Å². The summed E-state index contributed by atoms with van der Waals surface area (Å²) in [4.78, 5) is 14.7. The number of carbonyl (C=O) groups is 1. The van der Waals surface area contributed by atoms with E-state index in [-0.39, 0.29) is 17.2 Å². The van der Waals surface area contributed by atoms with Crippen molar-refractivity contribution in [2.24, 2.45) is 0 Å². The fourth-order valence-electron chi connectivity index (χ4n) is 2.48. The normalized spacial score (nSPS) is 10.7. The SMILES string of the molecule is CCN(CC)Cc1cccc(NC(=O)c2cc(OC)ccc2O)c1. The van der Waals surface area contributed by atoms with Gasteiger partial charge in [0.05, 0.1) is 12.7 Å². The Bertz CT molecular complexity index is 697. The number of ether oxygens (including phenoxy) is 1. The van der Waals surface area contributed by atoms with E-state index in [1.807, 2.05) is 24.3 Å². The van der Waals surface area contributed by atoms with Crippen LogP contribution in [0.5, 0.6) is 11.5 Å². The molecule has 128 valence electrons. The second-order valence-electron chi connectivity index (χ2n) is 5.50. The van der Waals surface area contributed by atoms with Crippen LogP contribution in [0.15, 0.2) is 42.5 Å². The fraction of sp³-hybridized carbons (Fsp3) is 0.316. The molecule has 0 spiro atoms. The number of anilines is 1. The minimum absolute atomic E-state index is 0.0763. The van der Waals surface area contributed by atoms with Crippen molar-refractivity contribution in [3.63, 3.8) is 0 Å². The Balaban J connectivity index is 2.14. The van der Waals surface area contributed by atoms with E-state index in [0.717, 1.165) is 25.2 Å². The lowest BCUT2D eigenvalue weighted by molar-refractivity contribution is 0.102. The number of hydrogen-bond donors (Lipinski definition) is 2. The lowest BCUT2D eigenvalue weighted by Crippen LogP contribution is -2.22. The zero-order chi connectivity index (χ0) is 17.5. The highest BCUT2D eigenvalue weighted by atomic mass is 16.5. The first-order valence-electron chi connectivity index (χ1n) is 8.07. The van der Waals surface area contributed by atoms with Crippen LogP contribution in [0.3, 0.4) is 0 Å². The molecule has 0 fully saturated rings. The Kier molecular flexibility index (Phi) is 6.21. The molecule has 0 bridgehead atoms. The number of phenolic OH excluding ortho intramolecular Hbond substituents is 1. The molecule has 5 nitrogen and oxygen atoms in total. The summed E-state index contributed by atoms with van der Waals surface area (Å²) in [5.41, 5.74) is 2.02. The Morgan fingerprint density at radius 1 is 1.17 bits per heavy atom. The molecule has 0 aromatic heterocycles. The Labute approximate surface area is 142 Å². The van der Waals surface area contributed by atoms with Crippen molar-refractivity contribution in [3.05, 3.63) is 53.6 Å². The van der Waals surface area contributed by atoms with Gasteiger partial charge in [-0.3, -0.25) is 9.69 Å². The molecule has 2 rings (SSSR count). The van der Waals surface area contributed by atoms with Gasteiger partial charge in [0, 0.05) is 12.2 Å². The van der Waals surface area contributed by atoms with E-state index in [4.69, 9.17) is 4.74 Å². The molecule has 24 heavy (non-hydrogen) atoms. The summed E-state index contributed by atoms with van der Waals surface area (Å²) in [6.07, 6.45) is 0. The minimum Gasteiger partial charge on any atom is -0.507 e. The molecule has 0 saturated carbocycles. The van der Waals surface area contributed by atoms with Crippen molar-refractivity contribution in [3.8, 4) is 11.5 Å². The van der Waals surface area contributed by atoms with Crippen LogP contribution in [0.4, 0.5) is 5.69 Å². The average Bonchev–Trinajstić information content (AvgIpc) is 2.60. The summed E-state index contributed by atoms with van der Waals surface area (Å²) >= 11 is 0. The number of carbonyl (C=O) groups excluding carboxylic acids is 1. The molecule has 0 unspecified atom stereocenters. The van der Waals surface area contributed by atoms with Gasteiger partial charge in [0.1, 0.15) is 11.5 Å². The standard InChI is InChI=1S/C19H24N2O3/c1-4-21(5-2)13-14-7-6-8-15(11-14)20-19(23)17-12-16(24-3)9-10-18(17)22/h6-12,22H,4-5,13H2,1-3H3,(H,20,23). The smallest absolute Gasteiger partial charge is 0.259 e. The second-order valence-corrected chi connectivity index (χ2v) is 5.50. The summed E-state index contributed by atoms with van der Waals surface area (Å²) in [6, 6.07) is 12.3. The van der Waals surface area contributed by atoms with Crippen LogP contribution in [-0.2, 0) is 6.54 Å². The first-order valence-corrected chi connectivity index (χ1v) is 8.07. The molecule has 2 N–H and O–H groups in total. The predicted molar refractivity (Wildman–Crippen MR) is 95.7 cm³/mol. The average molecular weight is 328 g/mol.